The maximum Gasteiger partial charge on any atom is 0.417 e. The summed E-state index contributed by atoms with van der Waals surface area (Å²) in [4.78, 5) is 15.2. The molecule has 3 fully saturated rings. The molecule has 2 saturated heterocycles. The van der Waals surface area contributed by atoms with Gasteiger partial charge in [-0.1, -0.05) is 11.3 Å². The van der Waals surface area contributed by atoms with Crippen LogP contribution in [0.5, 0.6) is 6.01 Å². The van der Waals surface area contributed by atoms with Crippen molar-refractivity contribution in [2.24, 2.45) is 0 Å². The number of nitrogens with two attached hydrogens (primary N) is 1. The molecule has 0 radical (unpaired) electrons. The molecule has 0 spiro atoms. The van der Waals surface area contributed by atoms with Crippen LogP contribution in [0.1, 0.15) is 50.5 Å². The molecule has 228 valence electrons. The van der Waals surface area contributed by atoms with Gasteiger partial charge in [-0.15, -0.1) is 0 Å². The van der Waals surface area contributed by atoms with Crippen LogP contribution >= 0.6 is 11.3 Å². The lowest BCUT2D eigenvalue weighted by atomic mass is 9.95. The number of thiazole rings is 1. The van der Waals surface area contributed by atoms with E-state index in [9.17, 15) is 22.7 Å². The second-order valence-electron chi connectivity index (χ2n) is 11.7. The first kappa shape index (κ1) is 28.4. The highest BCUT2D eigenvalue weighted by Crippen LogP contribution is 2.46. The molecular weight excluding hydrogens is 591 g/mol. The number of ether oxygens (including phenoxy) is 1. The van der Waals surface area contributed by atoms with E-state index in [-0.39, 0.29) is 61.8 Å². The minimum absolute atomic E-state index is 0.00981. The fraction of sp³-hybridized carbons (Fsp3) is 0.483. The fourth-order valence-electron chi connectivity index (χ4n) is 7.00. The van der Waals surface area contributed by atoms with Crippen LogP contribution in [0, 0.1) is 11.6 Å². The number of aliphatic hydroxyl groups excluding tert-OH is 1. The molecule has 2 atom stereocenters. The second-order valence-corrected chi connectivity index (χ2v) is 12.7. The van der Waals surface area contributed by atoms with Gasteiger partial charge < -0.3 is 20.9 Å². The molecule has 7 rings (SSSR count). The van der Waals surface area contributed by atoms with Crippen LogP contribution in [0.4, 0.5) is 32.9 Å². The molecule has 14 heteroatoms. The monoisotopic (exact) mass is 620 g/mol. The Labute approximate surface area is 247 Å². The summed E-state index contributed by atoms with van der Waals surface area (Å²) in [5, 5.41) is 12.9. The summed E-state index contributed by atoms with van der Waals surface area (Å²) in [5.41, 5.74) is 2.71. The smallest absolute Gasteiger partial charge is 0.417 e. The molecule has 2 aromatic carbocycles. The molecule has 2 aromatic heterocycles. The Hall–Kier alpha value is -3.36. The van der Waals surface area contributed by atoms with Gasteiger partial charge in [0, 0.05) is 22.6 Å². The van der Waals surface area contributed by atoms with Crippen LogP contribution in [0.3, 0.4) is 0 Å². The van der Waals surface area contributed by atoms with Gasteiger partial charge in [-0.2, -0.15) is 23.1 Å². The Kier molecular flexibility index (Phi) is 6.86. The third-order valence-corrected chi connectivity index (χ3v) is 9.92. The van der Waals surface area contributed by atoms with Crippen LogP contribution in [-0.4, -0.2) is 62.3 Å². The molecule has 1 aliphatic carbocycles. The normalized spacial score (nSPS) is 22.1. The Morgan fingerprint density at radius 3 is 2.56 bits per heavy atom. The third-order valence-electron chi connectivity index (χ3n) is 9.02. The van der Waals surface area contributed by atoms with Crippen molar-refractivity contribution in [3.63, 3.8) is 0 Å². The van der Waals surface area contributed by atoms with Gasteiger partial charge in [0.15, 0.2) is 10.9 Å². The fourth-order valence-corrected chi connectivity index (χ4v) is 7.77. The molecule has 2 aliphatic heterocycles. The van der Waals surface area contributed by atoms with Crippen molar-refractivity contribution in [2.45, 2.75) is 68.8 Å². The molecule has 8 nitrogen and oxygen atoms in total. The van der Waals surface area contributed by atoms with E-state index >= 15 is 4.39 Å². The lowest BCUT2D eigenvalue weighted by Gasteiger charge is -2.31. The molecule has 4 aromatic rings. The Morgan fingerprint density at radius 2 is 1.86 bits per heavy atom. The molecule has 3 aliphatic rings. The van der Waals surface area contributed by atoms with E-state index in [4.69, 9.17) is 10.5 Å². The number of anilines is 2. The van der Waals surface area contributed by atoms with Crippen molar-refractivity contribution in [3.05, 3.63) is 35.4 Å². The largest absolute Gasteiger partial charge is 0.461 e. The Bertz CT molecular complexity index is 1720. The summed E-state index contributed by atoms with van der Waals surface area (Å²) in [7, 11) is 0. The molecule has 0 amide bonds. The second kappa shape index (κ2) is 10.4. The number of hydrogen-bond acceptors (Lipinski definition) is 9. The van der Waals surface area contributed by atoms with E-state index in [1.807, 2.05) is 0 Å². The van der Waals surface area contributed by atoms with Crippen LogP contribution in [0.25, 0.3) is 32.2 Å². The zero-order chi connectivity index (χ0) is 30.1. The van der Waals surface area contributed by atoms with Crippen molar-refractivity contribution in [3.8, 4) is 17.1 Å². The Balaban J connectivity index is 1.41. The highest BCUT2D eigenvalue weighted by Gasteiger charge is 2.45. The number of nitrogen functional groups attached to an aromatic ring is 1. The number of nitrogens with one attached hydrogen (secondary N) is 1. The summed E-state index contributed by atoms with van der Waals surface area (Å²) in [6, 6.07) is 2.41. The van der Waals surface area contributed by atoms with E-state index < -0.39 is 35.0 Å². The first-order chi connectivity index (χ1) is 20.5. The van der Waals surface area contributed by atoms with E-state index in [1.165, 1.54) is 0 Å². The Morgan fingerprint density at radius 1 is 1.09 bits per heavy atom. The molecule has 0 bridgehead atoms. The van der Waals surface area contributed by atoms with Gasteiger partial charge in [-0.25, -0.2) is 13.8 Å². The van der Waals surface area contributed by atoms with Crippen molar-refractivity contribution in [2.75, 3.05) is 30.7 Å². The van der Waals surface area contributed by atoms with Crippen molar-refractivity contribution >= 4 is 43.4 Å². The van der Waals surface area contributed by atoms with E-state index in [1.54, 1.807) is 0 Å². The zero-order valence-corrected chi connectivity index (χ0v) is 23.8. The summed E-state index contributed by atoms with van der Waals surface area (Å²) < 4.78 is 81.0. The predicted octanol–water partition coefficient (Wildman–Crippen LogP) is 6.12. The third kappa shape index (κ3) is 4.92. The summed E-state index contributed by atoms with van der Waals surface area (Å²) in [6.45, 7) is 2.19. The van der Waals surface area contributed by atoms with E-state index in [2.05, 4.69) is 25.2 Å². The van der Waals surface area contributed by atoms with Crippen molar-refractivity contribution < 1.29 is 31.8 Å². The summed E-state index contributed by atoms with van der Waals surface area (Å²) in [5.74, 6) is -1.99. The van der Waals surface area contributed by atoms with Gasteiger partial charge in [0.05, 0.1) is 27.4 Å². The van der Waals surface area contributed by atoms with Gasteiger partial charge >= 0.3 is 12.2 Å². The number of fused-ring (bicyclic) bond motifs is 3. The summed E-state index contributed by atoms with van der Waals surface area (Å²) in [6.07, 6.45) is -0.155. The number of benzene rings is 2. The number of nitrogens with zero attached hydrogens (tertiary/aromatic N) is 4. The maximum absolute atomic E-state index is 16.6. The van der Waals surface area contributed by atoms with Gasteiger partial charge in [-0.3, -0.25) is 4.90 Å². The van der Waals surface area contributed by atoms with E-state index in [0.29, 0.717) is 19.3 Å². The van der Waals surface area contributed by atoms with Gasteiger partial charge in [0.25, 0.3) is 0 Å². The number of halogens is 5. The van der Waals surface area contributed by atoms with Crippen LogP contribution in [0.15, 0.2) is 18.2 Å². The zero-order valence-electron chi connectivity index (χ0n) is 23.0. The van der Waals surface area contributed by atoms with Gasteiger partial charge in [0.2, 0.25) is 0 Å². The molecule has 43 heavy (non-hydrogen) atoms. The highest BCUT2D eigenvalue weighted by atomic mass is 32.1. The van der Waals surface area contributed by atoms with Gasteiger partial charge in [0.1, 0.15) is 23.8 Å². The molecule has 2 unspecified atom stereocenters. The van der Waals surface area contributed by atoms with Crippen LogP contribution in [-0.2, 0) is 6.18 Å². The first-order valence-corrected chi connectivity index (χ1v) is 15.1. The molecule has 4 N–H and O–H groups in total. The average molecular weight is 621 g/mol. The molecular formula is C29H29F5N6O2S. The quantitative estimate of drug-likeness (QED) is 0.221. The first-order valence-electron chi connectivity index (χ1n) is 14.3. The number of alkyl halides is 3. The summed E-state index contributed by atoms with van der Waals surface area (Å²) >= 11 is 0.767. The maximum atomic E-state index is 16.6. The van der Waals surface area contributed by atoms with E-state index in [0.717, 1.165) is 68.3 Å². The number of hydrogen-bond donors (Lipinski definition) is 3. The lowest BCUT2D eigenvalue weighted by Crippen LogP contribution is -2.43. The topological polar surface area (TPSA) is 109 Å². The van der Waals surface area contributed by atoms with Crippen molar-refractivity contribution in [1.82, 2.24) is 19.9 Å². The SMILES string of the molecule is Nc1nc2c(-c3c(C(F)(F)F)cc4c(NC5CCC(O)C5)nc(OCC56CCCN5CCC6)nc4c3F)ccc(F)c2s1. The van der Waals surface area contributed by atoms with Crippen LogP contribution < -0.4 is 15.8 Å². The van der Waals surface area contributed by atoms with Gasteiger partial charge in [-0.05, 0) is 76.2 Å². The lowest BCUT2D eigenvalue weighted by molar-refractivity contribution is -0.137. The minimum Gasteiger partial charge on any atom is -0.461 e. The van der Waals surface area contributed by atoms with Crippen LogP contribution in [0.2, 0.25) is 0 Å². The van der Waals surface area contributed by atoms with Crippen molar-refractivity contribution in [1.29, 1.82) is 0 Å². The molecule has 4 heterocycles. The minimum atomic E-state index is -4.99. The number of aromatic nitrogens is 3. The average Bonchev–Trinajstić information content (AvgIpc) is 3.72. The predicted molar refractivity (Wildman–Crippen MR) is 153 cm³/mol. The molecule has 1 saturated carbocycles. The highest BCUT2D eigenvalue weighted by molar-refractivity contribution is 7.22. The number of aliphatic hydroxyl groups is 1. The number of rotatable bonds is 6. The standard InChI is InChI=1S/C29H29F5N6O2S/c30-19-6-5-16(23-24(19)43-26(35)37-23)20-18(29(32,33)34)12-17-22(21(20)31)38-27(39-25(17)36-14-3-4-15(41)11-14)42-13-28-7-1-9-40(28)10-2-8-28/h5-6,12,14-15,41H,1-4,7-11,13H2,(H2,35,37)(H,36,38,39).